The van der Waals surface area contributed by atoms with Crippen LogP contribution in [0.3, 0.4) is 0 Å². The fourth-order valence-corrected chi connectivity index (χ4v) is 4.66. The summed E-state index contributed by atoms with van der Waals surface area (Å²) >= 11 is 5.33. The largest absolute Gasteiger partial charge is 0.301 e. The van der Waals surface area contributed by atoms with Crippen LogP contribution in [0.5, 0.6) is 0 Å². The van der Waals surface area contributed by atoms with Crippen LogP contribution in [-0.4, -0.2) is 11.0 Å². The summed E-state index contributed by atoms with van der Waals surface area (Å²) in [5.41, 5.74) is 2.35. The van der Waals surface area contributed by atoms with E-state index in [0.717, 1.165) is 27.9 Å². The minimum atomic E-state index is -0.211. The molecule has 0 radical (unpaired) electrons. The Kier molecular flexibility index (Phi) is 3.59. The SMILES string of the molecule is Fc1ccc(C(NC2CC2)c2nc3c(s2)CCC3)c(Br)c1. The highest BCUT2D eigenvalue weighted by Gasteiger charge is 2.30. The van der Waals surface area contributed by atoms with Crippen LogP contribution in [0.25, 0.3) is 0 Å². The van der Waals surface area contributed by atoms with Crippen molar-refractivity contribution in [1.82, 2.24) is 10.3 Å². The first kappa shape index (κ1) is 13.9. The van der Waals surface area contributed by atoms with Gasteiger partial charge in [-0.3, -0.25) is 0 Å². The molecule has 0 amide bonds. The van der Waals surface area contributed by atoms with Crippen molar-refractivity contribution >= 4 is 27.3 Å². The lowest BCUT2D eigenvalue weighted by Crippen LogP contribution is -2.24. The standard InChI is InChI=1S/C16H16BrFN2S/c17-12-8-9(18)4-7-11(12)15(19-10-5-6-10)16-20-13-2-1-3-14(13)21-16/h4,7-8,10,15,19H,1-3,5-6H2. The molecule has 0 saturated heterocycles. The van der Waals surface area contributed by atoms with Gasteiger partial charge in [0, 0.05) is 15.4 Å². The van der Waals surface area contributed by atoms with Gasteiger partial charge in [0.05, 0.1) is 11.7 Å². The lowest BCUT2D eigenvalue weighted by Gasteiger charge is -2.18. The van der Waals surface area contributed by atoms with Crippen LogP contribution in [0.1, 0.15) is 46.4 Å². The molecule has 110 valence electrons. The van der Waals surface area contributed by atoms with E-state index in [9.17, 15) is 4.39 Å². The lowest BCUT2D eigenvalue weighted by molar-refractivity contribution is 0.588. The van der Waals surface area contributed by atoms with Crippen LogP contribution in [0.15, 0.2) is 22.7 Å². The number of halogens is 2. The summed E-state index contributed by atoms with van der Waals surface area (Å²) in [5.74, 6) is -0.211. The van der Waals surface area contributed by atoms with Crippen molar-refractivity contribution < 1.29 is 4.39 Å². The molecule has 1 aromatic heterocycles. The monoisotopic (exact) mass is 366 g/mol. The summed E-state index contributed by atoms with van der Waals surface area (Å²) in [7, 11) is 0. The van der Waals surface area contributed by atoms with Crippen LogP contribution < -0.4 is 5.32 Å². The summed E-state index contributed by atoms with van der Waals surface area (Å²) in [4.78, 5) is 6.29. The van der Waals surface area contributed by atoms with Gasteiger partial charge in [-0.05, 0) is 49.8 Å². The van der Waals surface area contributed by atoms with E-state index in [1.807, 2.05) is 17.4 Å². The number of nitrogens with one attached hydrogen (secondary N) is 1. The number of benzene rings is 1. The Bertz CT molecular complexity index is 659. The third-order valence-electron chi connectivity index (χ3n) is 4.11. The van der Waals surface area contributed by atoms with Crippen LogP contribution in [-0.2, 0) is 12.8 Å². The van der Waals surface area contributed by atoms with Crippen molar-refractivity contribution in [3.05, 3.63) is 49.6 Å². The third kappa shape index (κ3) is 2.79. The van der Waals surface area contributed by atoms with Gasteiger partial charge >= 0.3 is 0 Å². The lowest BCUT2D eigenvalue weighted by atomic mass is 10.1. The van der Waals surface area contributed by atoms with Gasteiger partial charge in [-0.25, -0.2) is 9.37 Å². The molecule has 1 saturated carbocycles. The molecule has 0 bridgehead atoms. The Morgan fingerprint density at radius 3 is 2.90 bits per heavy atom. The maximum absolute atomic E-state index is 13.4. The first-order valence-electron chi connectivity index (χ1n) is 7.40. The maximum atomic E-state index is 13.4. The molecule has 1 aromatic carbocycles. The Hall–Kier alpha value is -0.780. The van der Waals surface area contributed by atoms with Gasteiger partial charge in [0.15, 0.2) is 0 Å². The highest BCUT2D eigenvalue weighted by Crippen LogP contribution is 2.37. The number of hydrogen-bond acceptors (Lipinski definition) is 3. The zero-order chi connectivity index (χ0) is 14.4. The molecule has 2 aromatic rings. The quantitative estimate of drug-likeness (QED) is 0.868. The van der Waals surface area contributed by atoms with Gasteiger partial charge in [-0.15, -0.1) is 11.3 Å². The Morgan fingerprint density at radius 2 is 2.19 bits per heavy atom. The van der Waals surface area contributed by atoms with Crippen LogP contribution in [0.2, 0.25) is 0 Å². The summed E-state index contributed by atoms with van der Waals surface area (Å²) in [6.45, 7) is 0. The van der Waals surface area contributed by atoms with E-state index in [4.69, 9.17) is 4.98 Å². The fraction of sp³-hybridized carbons (Fsp3) is 0.438. The normalized spacial score (nSPS) is 18.8. The minimum absolute atomic E-state index is 0.0723. The topological polar surface area (TPSA) is 24.9 Å². The summed E-state index contributed by atoms with van der Waals surface area (Å²) < 4.78 is 14.2. The molecule has 1 heterocycles. The van der Waals surface area contributed by atoms with Crippen LogP contribution in [0.4, 0.5) is 4.39 Å². The number of rotatable bonds is 4. The van der Waals surface area contributed by atoms with Gasteiger partial charge in [0.25, 0.3) is 0 Å². The number of thiazole rings is 1. The first-order chi connectivity index (χ1) is 10.2. The molecule has 0 spiro atoms. The third-order valence-corrected chi connectivity index (χ3v) is 6.02. The molecule has 4 rings (SSSR count). The summed E-state index contributed by atoms with van der Waals surface area (Å²) in [6, 6.07) is 5.58. The molecule has 2 aliphatic rings. The highest BCUT2D eigenvalue weighted by molar-refractivity contribution is 9.10. The maximum Gasteiger partial charge on any atom is 0.124 e. The average Bonchev–Trinajstić information content (AvgIpc) is 3.00. The van der Waals surface area contributed by atoms with Crippen LogP contribution >= 0.6 is 27.3 Å². The molecule has 1 unspecified atom stereocenters. The second-order valence-electron chi connectivity index (χ2n) is 5.82. The first-order valence-corrected chi connectivity index (χ1v) is 9.01. The molecule has 2 aliphatic carbocycles. The molecule has 1 atom stereocenters. The van der Waals surface area contributed by atoms with E-state index in [1.165, 1.54) is 42.0 Å². The van der Waals surface area contributed by atoms with Crippen molar-refractivity contribution in [2.75, 3.05) is 0 Å². The zero-order valence-corrected chi connectivity index (χ0v) is 13.9. The van der Waals surface area contributed by atoms with Crippen molar-refractivity contribution in [3.63, 3.8) is 0 Å². The van der Waals surface area contributed by atoms with Crippen molar-refractivity contribution in [2.24, 2.45) is 0 Å². The van der Waals surface area contributed by atoms with E-state index in [0.29, 0.717) is 6.04 Å². The van der Waals surface area contributed by atoms with Gasteiger partial charge in [-0.2, -0.15) is 0 Å². The Morgan fingerprint density at radius 1 is 1.33 bits per heavy atom. The van der Waals surface area contributed by atoms with E-state index >= 15 is 0 Å². The molecule has 1 fully saturated rings. The molecule has 21 heavy (non-hydrogen) atoms. The second kappa shape index (κ2) is 5.45. The predicted octanol–water partition coefficient (Wildman–Crippen LogP) is 4.37. The van der Waals surface area contributed by atoms with E-state index in [-0.39, 0.29) is 11.9 Å². The molecule has 0 aliphatic heterocycles. The molecule has 1 N–H and O–H groups in total. The number of aromatic nitrogens is 1. The van der Waals surface area contributed by atoms with E-state index < -0.39 is 0 Å². The smallest absolute Gasteiger partial charge is 0.124 e. The van der Waals surface area contributed by atoms with Gasteiger partial charge in [0.1, 0.15) is 10.8 Å². The van der Waals surface area contributed by atoms with E-state index in [1.54, 1.807) is 0 Å². The second-order valence-corrected chi connectivity index (χ2v) is 7.78. The average molecular weight is 367 g/mol. The molecular weight excluding hydrogens is 351 g/mol. The van der Waals surface area contributed by atoms with Gasteiger partial charge < -0.3 is 5.32 Å². The number of fused-ring (bicyclic) bond motifs is 1. The predicted molar refractivity (Wildman–Crippen MR) is 86.2 cm³/mol. The van der Waals surface area contributed by atoms with E-state index in [2.05, 4.69) is 21.2 Å². The Labute approximate surface area is 135 Å². The molecule has 5 heteroatoms. The number of nitrogens with zero attached hydrogens (tertiary/aromatic N) is 1. The van der Waals surface area contributed by atoms with Gasteiger partial charge in [-0.1, -0.05) is 22.0 Å². The van der Waals surface area contributed by atoms with Crippen molar-refractivity contribution in [2.45, 2.75) is 44.2 Å². The number of hydrogen-bond donors (Lipinski definition) is 1. The minimum Gasteiger partial charge on any atom is -0.301 e. The summed E-state index contributed by atoms with van der Waals surface area (Å²) in [5, 5.41) is 4.79. The fourth-order valence-electron chi connectivity index (χ4n) is 2.85. The summed E-state index contributed by atoms with van der Waals surface area (Å²) in [6.07, 6.45) is 5.94. The van der Waals surface area contributed by atoms with Gasteiger partial charge in [0.2, 0.25) is 0 Å². The van der Waals surface area contributed by atoms with Crippen LogP contribution in [0, 0.1) is 5.82 Å². The van der Waals surface area contributed by atoms with Crippen molar-refractivity contribution in [3.8, 4) is 0 Å². The van der Waals surface area contributed by atoms with Crippen molar-refractivity contribution in [1.29, 1.82) is 0 Å². The molecular formula is C16H16BrFN2S. The highest BCUT2D eigenvalue weighted by atomic mass is 79.9. The number of aryl methyl sites for hydroxylation is 2. The Balaban J connectivity index is 1.72. The molecule has 2 nitrogen and oxygen atoms in total. The zero-order valence-electron chi connectivity index (χ0n) is 11.5.